The minimum absolute atomic E-state index is 0.0764. The molecule has 0 heterocycles. The third kappa shape index (κ3) is 2.48. The van der Waals surface area contributed by atoms with Crippen LogP contribution < -0.4 is 5.43 Å². The Morgan fingerprint density at radius 3 is 2.67 bits per heavy atom. The summed E-state index contributed by atoms with van der Waals surface area (Å²) in [5, 5.41) is 3.20. The minimum Gasteiger partial charge on any atom is -0.464 e. The molecule has 0 aromatic heterocycles. The molecule has 0 saturated heterocycles. The second-order valence-corrected chi connectivity index (χ2v) is 1.24. The van der Waals surface area contributed by atoms with Crippen LogP contribution in [0.5, 0.6) is 0 Å². The molecule has 4 heteroatoms. The van der Waals surface area contributed by atoms with Gasteiger partial charge in [-0.05, 0) is 0 Å². The fourth-order valence-corrected chi connectivity index (χ4v) is 0.264. The summed E-state index contributed by atoms with van der Waals surface area (Å²) in [6.07, 6.45) is 0. The zero-order chi connectivity index (χ0) is 7.28. The van der Waals surface area contributed by atoms with Crippen molar-refractivity contribution in [3.8, 4) is 0 Å². The predicted octanol–water partition coefficient (Wildman–Crippen LogP) is -0.122. The van der Waals surface area contributed by atoms with Gasteiger partial charge < -0.3 is 4.74 Å². The zero-order valence-corrected chi connectivity index (χ0v) is 5.18. The number of carbonyl (C=O) groups is 1. The summed E-state index contributed by atoms with van der Waals surface area (Å²) >= 11 is 0. The summed E-state index contributed by atoms with van der Waals surface area (Å²) in [6, 6.07) is 0. The van der Waals surface area contributed by atoms with Gasteiger partial charge in [-0.15, -0.1) is 0 Å². The highest BCUT2D eigenvalue weighted by Gasteiger charge is 2.02. The summed E-state index contributed by atoms with van der Waals surface area (Å²) in [5.41, 5.74) is 2.32. The number of esters is 1. The fraction of sp³-hybridized carbons (Fsp3) is 0.200. The van der Waals surface area contributed by atoms with E-state index in [9.17, 15) is 4.79 Å². The highest BCUT2D eigenvalue weighted by atomic mass is 16.5. The number of nitrogens with one attached hydrogen (secondary N) is 1. The molecular weight excluding hydrogens is 120 g/mol. The number of nitrogens with zero attached hydrogens (tertiary/aromatic N) is 1. The van der Waals surface area contributed by atoms with E-state index in [4.69, 9.17) is 0 Å². The molecule has 0 spiro atoms. The van der Waals surface area contributed by atoms with E-state index in [1.54, 1.807) is 0 Å². The van der Waals surface area contributed by atoms with E-state index in [-0.39, 0.29) is 5.70 Å². The van der Waals surface area contributed by atoms with E-state index in [1.807, 2.05) is 0 Å². The van der Waals surface area contributed by atoms with Crippen molar-refractivity contribution in [1.82, 2.24) is 5.43 Å². The Morgan fingerprint density at radius 2 is 2.33 bits per heavy atom. The molecule has 0 aromatic rings. The van der Waals surface area contributed by atoms with Gasteiger partial charge in [0.1, 0.15) is 5.70 Å². The van der Waals surface area contributed by atoms with Crippen LogP contribution in [0.2, 0.25) is 0 Å². The third-order valence-corrected chi connectivity index (χ3v) is 0.646. The Balaban J connectivity index is 3.73. The van der Waals surface area contributed by atoms with Crippen molar-refractivity contribution in [3.63, 3.8) is 0 Å². The lowest BCUT2D eigenvalue weighted by atomic mass is 10.5. The number of hydrogen-bond donors (Lipinski definition) is 1. The lowest BCUT2D eigenvalue weighted by molar-refractivity contribution is -0.136. The summed E-state index contributed by atoms with van der Waals surface area (Å²) in [7, 11) is 1.26. The van der Waals surface area contributed by atoms with Gasteiger partial charge in [-0.25, -0.2) is 4.79 Å². The molecule has 0 unspecified atom stereocenters. The number of ether oxygens (including phenoxy) is 1. The predicted molar refractivity (Wildman–Crippen MR) is 33.8 cm³/mol. The number of carbonyl (C=O) groups excluding carboxylic acids is 1. The van der Waals surface area contributed by atoms with E-state index in [1.165, 1.54) is 7.11 Å². The molecule has 0 saturated carbocycles. The van der Waals surface area contributed by atoms with Gasteiger partial charge in [-0.2, -0.15) is 5.10 Å². The van der Waals surface area contributed by atoms with Crippen LogP contribution in [0.15, 0.2) is 17.4 Å². The second kappa shape index (κ2) is 3.65. The minimum atomic E-state index is -0.539. The Kier molecular flexibility index (Phi) is 3.12. The SMILES string of the molecule is C=NNC(=C)C(=O)OC. The standard InChI is InChI=1S/C5H8N2O2/c1-4(7-6-2)5(8)9-3/h7H,1-2H2,3H3. The molecule has 0 radical (unpaired) electrons. The lowest BCUT2D eigenvalue weighted by Crippen LogP contribution is -2.14. The Hall–Kier alpha value is -1.32. The number of rotatable bonds is 3. The van der Waals surface area contributed by atoms with E-state index in [0.29, 0.717) is 0 Å². The van der Waals surface area contributed by atoms with E-state index >= 15 is 0 Å². The molecule has 0 amide bonds. The van der Waals surface area contributed by atoms with Crippen molar-refractivity contribution >= 4 is 12.7 Å². The highest BCUT2D eigenvalue weighted by molar-refractivity contribution is 5.86. The zero-order valence-electron chi connectivity index (χ0n) is 5.18. The molecule has 1 N–H and O–H groups in total. The molecule has 0 fully saturated rings. The average molecular weight is 128 g/mol. The quantitative estimate of drug-likeness (QED) is 0.249. The first-order chi connectivity index (χ1) is 4.22. The van der Waals surface area contributed by atoms with Crippen LogP contribution in [-0.2, 0) is 9.53 Å². The summed E-state index contributed by atoms with van der Waals surface area (Å²) in [5.74, 6) is -0.539. The van der Waals surface area contributed by atoms with Crippen molar-refractivity contribution in [3.05, 3.63) is 12.3 Å². The number of hydrazone groups is 1. The fourth-order valence-electron chi connectivity index (χ4n) is 0.264. The molecule has 0 rings (SSSR count). The molecule has 0 aromatic carbocycles. The molecule has 0 aliphatic carbocycles. The Labute approximate surface area is 53.2 Å². The maximum Gasteiger partial charge on any atom is 0.355 e. The third-order valence-electron chi connectivity index (χ3n) is 0.646. The summed E-state index contributed by atoms with van der Waals surface area (Å²) < 4.78 is 4.28. The van der Waals surface area contributed by atoms with Crippen LogP contribution in [0.3, 0.4) is 0 Å². The maximum atomic E-state index is 10.4. The molecule has 0 atom stereocenters. The van der Waals surface area contributed by atoms with Crippen molar-refractivity contribution in [1.29, 1.82) is 0 Å². The largest absolute Gasteiger partial charge is 0.464 e. The second-order valence-electron chi connectivity index (χ2n) is 1.24. The smallest absolute Gasteiger partial charge is 0.355 e. The Morgan fingerprint density at radius 1 is 1.78 bits per heavy atom. The first-order valence-corrected chi connectivity index (χ1v) is 2.21. The first kappa shape index (κ1) is 7.68. The van der Waals surface area contributed by atoms with Gasteiger partial charge in [-0.1, -0.05) is 6.58 Å². The monoisotopic (exact) mass is 128 g/mol. The number of hydrogen-bond acceptors (Lipinski definition) is 4. The molecule has 4 nitrogen and oxygen atoms in total. The van der Waals surface area contributed by atoms with E-state index < -0.39 is 5.97 Å². The Bertz CT molecular complexity index is 142. The number of methoxy groups -OCH3 is 1. The maximum absolute atomic E-state index is 10.4. The van der Waals surface area contributed by atoms with Crippen molar-refractivity contribution in [2.75, 3.05) is 7.11 Å². The van der Waals surface area contributed by atoms with Crippen LogP contribution in [0, 0.1) is 0 Å². The normalized spacial score (nSPS) is 7.67. The van der Waals surface area contributed by atoms with Crippen molar-refractivity contribution in [2.24, 2.45) is 5.10 Å². The lowest BCUT2D eigenvalue weighted by Gasteiger charge is -1.98. The molecule has 50 valence electrons. The van der Waals surface area contributed by atoms with Gasteiger partial charge in [0.25, 0.3) is 0 Å². The van der Waals surface area contributed by atoms with Crippen LogP contribution in [-0.4, -0.2) is 19.8 Å². The van der Waals surface area contributed by atoms with Gasteiger partial charge in [0, 0.05) is 6.72 Å². The average Bonchev–Trinajstić information content (AvgIpc) is 1.87. The van der Waals surface area contributed by atoms with Gasteiger partial charge in [0.15, 0.2) is 0 Å². The molecule has 9 heavy (non-hydrogen) atoms. The molecule has 0 aliphatic rings. The van der Waals surface area contributed by atoms with Gasteiger partial charge >= 0.3 is 5.97 Å². The summed E-state index contributed by atoms with van der Waals surface area (Å²) in [4.78, 5) is 10.4. The van der Waals surface area contributed by atoms with E-state index in [0.717, 1.165) is 0 Å². The van der Waals surface area contributed by atoms with Crippen LogP contribution >= 0.6 is 0 Å². The molecule has 0 aliphatic heterocycles. The van der Waals surface area contributed by atoms with Gasteiger partial charge in [0.05, 0.1) is 7.11 Å². The summed E-state index contributed by atoms with van der Waals surface area (Å²) in [6.45, 7) is 6.38. The van der Waals surface area contributed by atoms with Crippen LogP contribution in [0.1, 0.15) is 0 Å². The van der Waals surface area contributed by atoms with Gasteiger partial charge in [-0.3, -0.25) is 5.43 Å². The topological polar surface area (TPSA) is 50.7 Å². The van der Waals surface area contributed by atoms with E-state index in [2.05, 4.69) is 28.6 Å². The molecule has 0 bridgehead atoms. The molecular formula is C5H8N2O2. The van der Waals surface area contributed by atoms with Crippen molar-refractivity contribution in [2.45, 2.75) is 0 Å². The van der Waals surface area contributed by atoms with Gasteiger partial charge in [0.2, 0.25) is 0 Å². The van der Waals surface area contributed by atoms with Crippen molar-refractivity contribution < 1.29 is 9.53 Å². The highest BCUT2D eigenvalue weighted by Crippen LogP contribution is 1.85. The van der Waals surface area contributed by atoms with Crippen LogP contribution in [0.4, 0.5) is 0 Å². The first-order valence-electron chi connectivity index (χ1n) is 2.21. The van der Waals surface area contributed by atoms with Crippen LogP contribution in [0.25, 0.3) is 0 Å².